The van der Waals surface area contributed by atoms with Crippen LogP contribution in [-0.4, -0.2) is 24.1 Å². The molecule has 0 bridgehead atoms. The van der Waals surface area contributed by atoms with Crippen molar-refractivity contribution in [3.8, 4) is 0 Å². The molecule has 0 fully saturated rings. The van der Waals surface area contributed by atoms with E-state index < -0.39 is 11.6 Å². The normalized spacial score (nSPS) is 13.5. The Bertz CT molecular complexity index is 221. The number of hydrogen-bond donors (Lipinski definition) is 0. The van der Waals surface area contributed by atoms with Crippen molar-refractivity contribution in [3.63, 3.8) is 0 Å². The topological polar surface area (TPSA) is 52.6 Å². The van der Waals surface area contributed by atoms with Crippen LogP contribution in [0.25, 0.3) is 0 Å². The highest BCUT2D eigenvalue weighted by molar-refractivity contribution is 5.79. The van der Waals surface area contributed by atoms with Gasteiger partial charge in [-0.1, -0.05) is 20.8 Å². The highest BCUT2D eigenvalue weighted by atomic mass is 16.6. The lowest BCUT2D eigenvalue weighted by atomic mass is 10.0. The summed E-state index contributed by atoms with van der Waals surface area (Å²) in [4.78, 5) is 21.8. The van der Waals surface area contributed by atoms with Gasteiger partial charge in [0.15, 0.2) is 0 Å². The third-order valence-corrected chi connectivity index (χ3v) is 2.24. The summed E-state index contributed by atoms with van der Waals surface area (Å²) in [5.41, 5.74) is -1.20. The largest absolute Gasteiger partial charge is 0.459 e. The molecule has 0 aliphatic carbocycles. The number of ether oxygens (including phenoxy) is 2. The van der Waals surface area contributed by atoms with Crippen molar-refractivity contribution in [3.05, 3.63) is 0 Å². The van der Waals surface area contributed by atoms with Gasteiger partial charge in [-0.25, -0.2) is 4.79 Å². The fraction of sp³-hybridized carbons (Fsp3) is 0.818. The van der Waals surface area contributed by atoms with Crippen LogP contribution >= 0.6 is 0 Å². The maximum absolute atomic E-state index is 11.6. The smallest absolute Gasteiger partial charge is 0.350 e. The van der Waals surface area contributed by atoms with E-state index in [2.05, 4.69) is 4.74 Å². The van der Waals surface area contributed by atoms with Crippen molar-refractivity contribution < 1.29 is 19.1 Å². The summed E-state index contributed by atoms with van der Waals surface area (Å²) in [6.07, 6.45) is 0.618. The van der Waals surface area contributed by atoms with E-state index in [0.717, 1.165) is 6.42 Å². The molecule has 0 aliphatic heterocycles. The molecular formula is C11H20O4. The third-order valence-electron chi connectivity index (χ3n) is 2.24. The molecule has 0 heterocycles. The van der Waals surface area contributed by atoms with Crippen molar-refractivity contribution in [2.45, 2.75) is 52.7 Å². The SMILES string of the molecule is CCC(OC(=O)C(C)(C)OC=O)C(C)C. The van der Waals surface area contributed by atoms with Gasteiger partial charge in [0.1, 0.15) is 6.10 Å². The number of carbonyl (C=O) groups is 2. The van der Waals surface area contributed by atoms with Crippen LogP contribution in [-0.2, 0) is 19.1 Å². The highest BCUT2D eigenvalue weighted by Crippen LogP contribution is 2.16. The zero-order chi connectivity index (χ0) is 12.1. The van der Waals surface area contributed by atoms with Crippen LogP contribution in [0.15, 0.2) is 0 Å². The molecular weight excluding hydrogens is 196 g/mol. The third kappa shape index (κ3) is 4.32. The van der Waals surface area contributed by atoms with Crippen molar-refractivity contribution >= 4 is 12.4 Å². The molecule has 0 aromatic rings. The molecule has 0 rings (SSSR count). The maximum Gasteiger partial charge on any atom is 0.350 e. The number of hydrogen-bond acceptors (Lipinski definition) is 4. The van der Waals surface area contributed by atoms with Gasteiger partial charge in [-0.3, -0.25) is 4.79 Å². The molecule has 1 atom stereocenters. The second-order valence-electron chi connectivity index (χ2n) is 4.32. The van der Waals surface area contributed by atoms with Gasteiger partial charge in [-0.05, 0) is 26.2 Å². The molecule has 0 amide bonds. The Morgan fingerprint density at radius 1 is 1.40 bits per heavy atom. The Balaban J connectivity index is 4.39. The van der Waals surface area contributed by atoms with Crippen LogP contribution in [0.2, 0.25) is 0 Å². The quantitative estimate of drug-likeness (QED) is 0.502. The van der Waals surface area contributed by atoms with Gasteiger partial charge in [0.05, 0.1) is 0 Å². The lowest BCUT2D eigenvalue weighted by molar-refractivity contribution is -0.178. The van der Waals surface area contributed by atoms with E-state index in [4.69, 9.17) is 4.74 Å². The zero-order valence-electron chi connectivity index (χ0n) is 10.1. The fourth-order valence-corrected chi connectivity index (χ4v) is 1.14. The lowest BCUT2D eigenvalue weighted by Gasteiger charge is -2.26. The first-order valence-electron chi connectivity index (χ1n) is 5.17. The van der Waals surface area contributed by atoms with E-state index in [9.17, 15) is 9.59 Å². The van der Waals surface area contributed by atoms with Gasteiger partial charge in [0, 0.05) is 0 Å². The zero-order valence-corrected chi connectivity index (χ0v) is 10.1. The minimum absolute atomic E-state index is 0.132. The van der Waals surface area contributed by atoms with Crippen LogP contribution < -0.4 is 0 Å². The van der Waals surface area contributed by atoms with Crippen LogP contribution in [0.1, 0.15) is 41.0 Å². The van der Waals surface area contributed by atoms with Gasteiger partial charge in [0.25, 0.3) is 6.47 Å². The minimum atomic E-state index is -1.20. The second-order valence-corrected chi connectivity index (χ2v) is 4.32. The van der Waals surface area contributed by atoms with E-state index in [1.54, 1.807) is 0 Å². The van der Waals surface area contributed by atoms with Crippen molar-refractivity contribution in [2.75, 3.05) is 0 Å². The molecule has 0 spiro atoms. The monoisotopic (exact) mass is 216 g/mol. The first kappa shape index (κ1) is 13.9. The Hall–Kier alpha value is -1.06. The number of rotatable bonds is 6. The minimum Gasteiger partial charge on any atom is -0.459 e. The Labute approximate surface area is 90.9 Å². The average molecular weight is 216 g/mol. The van der Waals surface area contributed by atoms with Crippen LogP contribution in [0.4, 0.5) is 0 Å². The predicted octanol–water partition coefficient (Wildman–Crippen LogP) is 1.92. The number of esters is 1. The van der Waals surface area contributed by atoms with Crippen LogP contribution in [0.3, 0.4) is 0 Å². The Kier molecular flexibility index (Phi) is 5.33. The maximum atomic E-state index is 11.6. The van der Waals surface area contributed by atoms with Crippen LogP contribution in [0, 0.1) is 5.92 Å². The number of carbonyl (C=O) groups excluding carboxylic acids is 2. The average Bonchev–Trinajstić information content (AvgIpc) is 2.12. The van der Waals surface area contributed by atoms with E-state index in [0.29, 0.717) is 0 Å². The van der Waals surface area contributed by atoms with E-state index in [1.165, 1.54) is 13.8 Å². The molecule has 0 radical (unpaired) electrons. The van der Waals surface area contributed by atoms with E-state index in [1.807, 2.05) is 20.8 Å². The summed E-state index contributed by atoms with van der Waals surface area (Å²) in [5.74, 6) is -0.249. The standard InChI is InChI=1S/C11H20O4/c1-6-9(8(2)3)15-10(13)11(4,5)14-7-12/h7-9H,6H2,1-5H3. The predicted molar refractivity (Wildman–Crippen MR) is 56.2 cm³/mol. The lowest BCUT2D eigenvalue weighted by Crippen LogP contribution is -2.39. The van der Waals surface area contributed by atoms with Crippen molar-refractivity contribution in [2.24, 2.45) is 5.92 Å². The molecule has 0 saturated carbocycles. The molecule has 0 aromatic heterocycles. The summed E-state index contributed by atoms with van der Waals surface area (Å²) in [7, 11) is 0. The fourth-order valence-electron chi connectivity index (χ4n) is 1.14. The van der Waals surface area contributed by atoms with Crippen molar-refractivity contribution in [1.82, 2.24) is 0 Å². The summed E-state index contributed by atoms with van der Waals surface area (Å²) >= 11 is 0. The van der Waals surface area contributed by atoms with E-state index in [-0.39, 0.29) is 18.5 Å². The van der Waals surface area contributed by atoms with Gasteiger partial charge < -0.3 is 9.47 Å². The first-order chi connectivity index (χ1) is 6.85. The van der Waals surface area contributed by atoms with Gasteiger partial charge in [-0.2, -0.15) is 0 Å². The van der Waals surface area contributed by atoms with Crippen molar-refractivity contribution in [1.29, 1.82) is 0 Å². The molecule has 88 valence electrons. The van der Waals surface area contributed by atoms with Gasteiger partial charge in [0.2, 0.25) is 5.60 Å². The Morgan fingerprint density at radius 3 is 2.27 bits per heavy atom. The van der Waals surface area contributed by atoms with E-state index >= 15 is 0 Å². The molecule has 0 aromatic carbocycles. The summed E-state index contributed by atoms with van der Waals surface area (Å²) in [5, 5.41) is 0. The second kappa shape index (κ2) is 5.73. The first-order valence-corrected chi connectivity index (χ1v) is 5.17. The summed E-state index contributed by atoms with van der Waals surface area (Å²) in [6.45, 7) is 9.20. The van der Waals surface area contributed by atoms with Crippen LogP contribution in [0.5, 0.6) is 0 Å². The molecule has 0 aliphatic rings. The molecule has 0 N–H and O–H groups in total. The molecule has 15 heavy (non-hydrogen) atoms. The summed E-state index contributed by atoms with van der Waals surface area (Å²) < 4.78 is 9.92. The molecule has 4 nitrogen and oxygen atoms in total. The van der Waals surface area contributed by atoms with Gasteiger partial charge >= 0.3 is 5.97 Å². The summed E-state index contributed by atoms with van der Waals surface area (Å²) in [6, 6.07) is 0. The molecule has 1 unspecified atom stereocenters. The highest BCUT2D eigenvalue weighted by Gasteiger charge is 2.33. The molecule has 0 saturated heterocycles. The van der Waals surface area contributed by atoms with Gasteiger partial charge in [-0.15, -0.1) is 0 Å². The Morgan fingerprint density at radius 2 is 1.93 bits per heavy atom. The molecule has 4 heteroatoms.